The quantitative estimate of drug-likeness (QED) is 0.801. The fourth-order valence-electron chi connectivity index (χ4n) is 3.35. The molecule has 0 atom stereocenters. The van der Waals surface area contributed by atoms with Crippen LogP contribution >= 0.6 is 7.60 Å². The Balaban J connectivity index is 2.29. The molecule has 3 nitrogen and oxygen atoms in total. The molecule has 0 bridgehead atoms. The molecule has 0 aromatic heterocycles. The highest BCUT2D eigenvalue weighted by Crippen LogP contribution is 2.38. The fraction of sp³-hybridized carbons (Fsp3) is 0.529. The topological polar surface area (TPSA) is 57.5 Å². The molecule has 1 fully saturated rings. The molecule has 1 aromatic rings. The zero-order chi connectivity index (χ0) is 15.5. The van der Waals surface area contributed by atoms with Gasteiger partial charge in [-0.25, -0.2) is 0 Å². The molecule has 1 saturated carbocycles. The van der Waals surface area contributed by atoms with Gasteiger partial charge in [0.1, 0.15) is 0 Å². The van der Waals surface area contributed by atoms with Gasteiger partial charge in [0.05, 0.1) is 0 Å². The maximum absolute atomic E-state index is 11.1. The zero-order valence-electron chi connectivity index (χ0n) is 12.9. The molecule has 0 heterocycles. The molecule has 1 aromatic carbocycles. The van der Waals surface area contributed by atoms with Gasteiger partial charge in [0.2, 0.25) is 0 Å². The summed E-state index contributed by atoms with van der Waals surface area (Å²) in [6, 6.07) is 4.24. The van der Waals surface area contributed by atoms with E-state index in [2.05, 4.69) is 19.1 Å². The van der Waals surface area contributed by atoms with Crippen molar-refractivity contribution >= 4 is 13.7 Å². The summed E-state index contributed by atoms with van der Waals surface area (Å²) in [7, 11) is -4.11. The molecule has 116 valence electrons. The third-order valence-corrected chi connectivity index (χ3v) is 4.82. The van der Waals surface area contributed by atoms with Gasteiger partial charge in [-0.15, -0.1) is 0 Å². The van der Waals surface area contributed by atoms with E-state index >= 15 is 0 Å². The molecule has 0 unspecified atom stereocenters. The van der Waals surface area contributed by atoms with Gasteiger partial charge in [-0.05, 0) is 49.0 Å². The molecule has 0 radical (unpaired) electrons. The van der Waals surface area contributed by atoms with E-state index in [1.807, 2.05) is 6.92 Å². The number of rotatable bonds is 4. The number of benzene rings is 1. The predicted octanol–water partition coefficient (Wildman–Crippen LogP) is 4.57. The van der Waals surface area contributed by atoms with Gasteiger partial charge in [0.15, 0.2) is 0 Å². The summed E-state index contributed by atoms with van der Waals surface area (Å²) < 4.78 is 11.1. The first-order chi connectivity index (χ1) is 9.85. The molecule has 2 N–H and O–H groups in total. The summed E-state index contributed by atoms with van der Waals surface area (Å²) in [6.07, 6.45) is 9.13. The smallest absolute Gasteiger partial charge is 0.321 e. The SMILES string of the molecule is Cc1cc(C)c(/C=C/P(=O)(O)O)c(CC2CCCCC2)c1. The lowest BCUT2D eigenvalue weighted by atomic mass is 9.83. The molecule has 1 aliphatic carbocycles. The molecular formula is C17H25O3P. The maximum atomic E-state index is 11.1. The summed E-state index contributed by atoms with van der Waals surface area (Å²) in [5.41, 5.74) is 4.51. The molecule has 2 rings (SSSR count). The standard InChI is InChI=1S/C17H25O3P/c1-13-10-14(2)17(8-9-21(18,19)20)16(11-13)12-15-6-4-3-5-7-15/h8-11,15H,3-7,12H2,1-2H3,(H2,18,19,20)/b9-8+. The van der Waals surface area contributed by atoms with Crippen molar-refractivity contribution in [3.05, 3.63) is 40.2 Å². The Bertz CT molecular complexity index is 566. The van der Waals surface area contributed by atoms with Crippen LogP contribution in [0.15, 0.2) is 17.9 Å². The van der Waals surface area contributed by atoms with Crippen molar-refractivity contribution in [2.75, 3.05) is 0 Å². The highest BCUT2D eigenvalue weighted by atomic mass is 31.2. The van der Waals surface area contributed by atoms with E-state index in [1.165, 1.54) is 43.2 Å². The number of hydrogen-bond acceptors (Lipinski definition) is 1. The highest BCUT2D eigenvalue weighted by molar-refractivity contribution is 7.55. The second kappa shape index (κ2) is 6.91. The van der Waals surface area contributed by atoms with E-state index in [0.29, 0.717) is 5.92 Å². The Morgan fingerprint density at radius 3 is 2.48 bits per heavy atom. The van der Waals surface area contributed by atoms with Crippen LogP contribution in [0.4, 0.5) is 0 Å². The number of hydrogen-bond donors (Lipinski definition) is 2. The van der Waals surface area contributed by atoms with Gasteiger partial charge >= 0.3 is 7.60 Å². The molecule has 0 aliphatic heterocycles. The van der Waals surface area contributed by atoms with Crippen molar-refractivity contribution in [2.24, 2.45) is 5.92 Å². The van der Waals surface area contributed by atoms with Gasteiger partial charge in [-0.1, -0.05) is 49.8 Å². The van der Waals surface area contributed by atoms with Crippen LogP contribution in [0.1, 0.15) is 54.4 Å². The minimum Gasteiger partial charge on any atom is -0.321 e. The van der Waals surface area contributed by atoms with E-state index in [4.69, 9.17) is 9.79 Å². The average molecular weight is 308 g/mol. The monoisotopic (exact) mass is 308 g/mol. The molecule has 4 heteroatoms. The maximum Gasteiger partial charge on any atom is 0.349 e. The van der Waals surface area contributed by atoms with E-state index in [1.54, 1.807) is 6.08 Å². The van der Waals surface area contributed by atoms with Crippen LogP contribution in [0.5, 0.6) is 0 Å². The third-order valence-electron chi connectivity index (χ3n) is 4.29. The van der Waals surface area contributed by atoms with Crippen LogP contribution in [0.2, 0.25) is 0 Å². The lowest BCUT2D eigenvalue weighted by Crippen LogP contribution is -2.10. The zero-order valence-corrected chi connectivity index (χ0v) is 13.8. The fourth-order valence-corrected chi connectivity index (χ4v) is 3.69. The molecular weight excluding hydrogens is 283 g/mol. The second-order valence-electron chi connectivity index (χ2n) is 6.27. The largest absolute Gasteiger partial charge is 0.349 e. The molecule has 0 spiro atoms. The van der Waals surface area contributed by atoms with E-state index < -0.39 is 7.60 Å². The van der Waals surface area contributed by atoms with Crippen molar-refractivity contribution < 1.29 is 14.4 Å². The minimum absolute atomic E-state index is 0.710. The van der Waals surface area contributed by atoms with E-state index in [-0.39, 0.29) is 0 Å². The second-order valence-corrected chi connectivity index (χ2v) is 7.74. The van der Waals surface area contributed by atoms with Gasteiger partial charge < -0.3 is 9.79 Å². The summed E-state index contributed by atoms with van der Waals surface area (Å²) >= 11 is 0. The minimum atomic E-state index is -4.11. The third kappa shape index (κ3) is 5.10. The van der Waals surface area contributed by atoms with Crippen molar-refractivity contribution in [1.82, 2.24) is 0 Å². The van der Waals surface area contributed by atoms with Crippen LogP contribution < -0.4 is 0 Å². The summed E-state index contributed by atoms with van der Waals surface area (Å²) in [6.45, 7) is 4.09. The van der Waals surface area contributed by atoms with Crippen molar-refractivity contribution in [3.8, 4) is 0 Å². The first-order valence-corrected chi connectivity index (χ1v) is 9.38. The lowest BCUT2D eigenvalue weighted by Gasteiger charge is -2.23. The summed E-state index contributed by atoms with van der Waals surface area (Å²) in [5, 5.41) is 0. The van der Waals surface area contributed by atoms with Gasteiger partial charge in [0.25, 0.3) is 0 Å². The molecule has 0 amide bonds. The molecule has 1 aliphatic rings. The Morgan fingerprint density at radius 1 is 1.19 bits per heavy atom. The predicted molar refractivity (Wildman–Crippen MR) is 87.3 cm³/mol. The van der Waals surface area contributed by atoms with Gasteiger partial charge in [-0.2, -0.15) is 0 Å². The highest BCUT2D eigenvalue weighted by Gasteiger charge is 2.16. The number of aryl methyl sites for hydroxylation is 2. The Hall–Kier alpha value is -0.890. The van der Waals surface area contributed by atoms with Crippen LogP contribution in [0.3, 0.4) is 0 Å². The van der Waals surface area contributed by atoms with Gasteiger partial charge in [-0.3, -0.25) is 4.57 Å². The Morgan fingerprint density at radius 2 is 1.86 bits per heavy atom. The summed E-state index contributed by atoms with van der Waals surface area (Å²) in [5.74, 6) is 1.73. The van der Waals surface area contributed by atoms with Crippen molar-refractivity contribution in [2.45, 2.75) is 52.4 Å². The van der Waals surface area contributed by atoms with Crippen molar-refractivity contribution in [3.63, 3.8) is 0 Å². The average Bonchev–Trinajstić information content (AvgIpc) is 2.37. The first-order valence-electron chi connectivity index (χ1n) is 7.70. The van der Waals surface area contributed by atoms with Crippen LogP contribution in [-0.2, 0) is 11.0 Å². The van der Waals surface area contributed by atoms with Crippen molar-refractivity contribution in [1.29, 1.82) is 0 Å². The first kappa shape index (κ1) is 16.5. The van der Waals surface area contributed by atoms with Crippen LogP contribution in [0, 0.1) is 19.8 Å². The van der Waals surface area contributed by atoms with Crippen LogP contribution in [-0.4, -0.2) is 9.79 Å². The normalized spacial score (nSPS) is 17.5. The lowest BCUT2D eigenvalue weighted by molar-refractivity contribution is 0.356. The molecule has 0 saturated heterocycles. The Labute approximate surface area is 127 Å². The summed E-state index contributed by atoms with van der Waals surface area (Å²) in [4.78, 5) is 18.1. The van der Waals surface area contributed by atoms with Crippen LogP contribution in [0.25, 0.3) is 6.08 Å². The van der Waals surface area contributed by atoms with E-state index in [0.717, 1.165) is 23.4 Å². The van der Waals surface area contributed by atoms with Gasteiger partial charge in [0, 0.05) is 5.82 Å². The molecule has 21 heavy (non-hydrogen) atoms. The Kier molecular flexibility index (Phi) is 5.43. The van der Waals surface area contributed by atoms with E-state index in [9.17, 15) is 4.57 Å².